The number of hydrogen-bond acceptors (Lipinski definition) is 5. The van der Waals surface area contributed by atoms with Gasteiger partial charge in [-0.3, -0.25) is 9.20 Å². The standard InChI is InChI=1S/C24H23BrN4O3S/c1-15-6-5-13-28-22(15)27-23-19(24(28)30)14-20(21(26)29(23)17-7-3-2-4-8-17)33(31,32)18-11-9-16(25)10-12-18/h5-6,9-14,17,26H,2-4,7-8H2,1H3/p+1. The normalized spacial score (nSPS) is 15.3. The second kappa shape index (κ2) is 8.22. The Morgan fingerprint density at radius 1 is 1.12 bits per heavy atom. The van der Waals surface area contributed by atoms with E-state index >= 15 is 0 Å². The molecule has 2 N–H and O–H groups in total. The molecule has 170 valence electrons. The second-order valence-electron chi connectivity index (χ2n) is 8.55. The van der Waals surface area contributed by atoms with Gasteiger partial charge in [0.05, 0.1) is 10.9 Å². The van der Waals surface area contributed by atoms with E-state index in [0.717, 1.165) is 42.1 Å². The number of fused-ring (bicyclic) bond motifs is 2. The summed E-state index contributed by atoms with van der Waals surface area (Å²) in [7, 11) is -3.96. The van der Waals surface area contributed by atoms with Crippen molar-refractivity contribution in [1.82, 2.24) is 9.38 Å². The van der Waals surface area contributed by atoms with Crippen LogP contribution < -0.4 is 15.9 Å². The molecule has 1 saturated carbocycles. The lowest BCUT2D eigenvalue weighted by Crippen LogP contribution is -2.46. The van der Waals surface area contributed by atoms with Gasteiger partial charge in [-0.2, -0.15) is 0 Å². The second-order valence-corrected chi connectivity index (χ2v) is 11.4. The lowest BCUT2D eigenvalue weighted by Gasteiger charge is -2.24. The van der Waals surface area contributed by atoms with Gasteiger partial charge in [-0.15, -0.1) is 0 Å². The Kier molecular flexibility index (Phi) is 5.49. The molecule has 33 heavy (non-hydrogen) atoms. The van der Waals surface area contributed by atoms with Crippen LogP contribution in [0.2, 0.25) is 0 Å². The number of sulfone groups is 1. The number of pyridine rings is 2. The van der Waals surface area contributed by atoms with Gasteiger partial charge in [0.2, 0.25) is 21.3 Å². The van der Waals surface area contributed by atoms with Crippen molar-refractivity contribution < 1.29 is 13.0 Å². The zero-order chi connectivity index (χ0) is 23.3. The minimum atomic E-state index is -3.96. The minimum Gasteiger partial charge on any atom is -0.317 e. The third-order valence-corrected chi connectivity index (χ3v) is 8.76. The molecule has 1 aromatic carbocycles. The van der Waals surface area contributed by atoms with Gasteiger partial charge in [0.1, 0.15) is 10.3 Å². The van der Waals surface area contributed by atoms with Crippen molar-refractivity contribution in [1.29, 1.82) is 0 Å². The molecule has 9 heteroatoms. The van der Waals surface area contributed by atoms with Crippen LogP contribution in [-0.2, 0) is 9.84 Å². The first kappa shape index (κ1) is 22.0. The van der Waals surface area contributed by atoms with Crippen LogP contribution in [0, 0.1) is 6.92 Å². The highest BCUT2D eigenvalue weighted by molar-refractivity contribution is 9.10. The van der Waals surface area contributed by atoms with Crippen molar-refractivity contribution >= 4 is 48.3 Å². The molecule has 4 aromatic rings. The minimum absolute atomic E-state index is 0.0142. The monoisotopic (exact) mass is 527 g/mol. The van der Waals surface area contributed by atoms with Crippen LogP contribution in [0.5, 0.6) is 0 Å². The van der Waals surface area contributed by atoms with Gasteiger partial charge < -0.3 is 5.73 Å². The average molecular weight is 528 g/mol. The Morgan fingerprint density at radius 2 is 1.82 bits per heavy atom. The van der Waals surface area contributed by atoms with E-state index in [1.807, 2.05) is 13.0 Å². The van der Waals surface area contributed by atoms with Gasteiger partial charge in [-0.05, 0) is 69.0 Å². The van der Waals surface area contributed by atoms with Crippen molar-refractivity contribution in [3.05, 3.63) is 69.1 Å². The highest BCUT2D eigenvalue weighted by Gasteiger charge is 2.33. The molecule has 0 amide bonds. The molecule has 0 radical (unpaired) electrons. The van der Waals surface area contributed by atoms with Crippen LogP contribution in [0.25, 0.3) is 16.7 Å². The molecule has 7 nitrogen and oxygen atoms in total. The summed E-state index contributed by atoms with van der Waals surface area (Å²) >= 11 is 3.34. The molecular formula is C24H24BrN4O3S+. The number of aryl methyl sites for hydroxylation is 1. The first-order valence-corrected chi connectivity index (χ1v) is 13.2. The van der Waals surface area contributed by atoms with Gasteiger partial charge in [0.25, 0.3) is 11.2 Å². The average Bonchev–Trinajstić information content (AvgIpc) is 2.80. The number of nitrogens with two attached hydrogens (primary N) is 1. The predicted molar refractivity (Wildman–Crippen MR) is 130 cm³/mol. The molecule has 0 spiro atoms. The third-order valence-electron chi connectivity index (χ3n) is 6.43. The van der Waals surface area contributed by atoms with Gasteiger partial charge >= 0.3 is 0 Å². The smallest absolute Gasteiger partial charge is 0.278 e. The molecule has 0 saturated heterocycles. The molecule has 1 fully saturated rings. The van der Waals surface area contributed by atoms with E-state index in [-0.39, 0.29) is 32.6 Å². The summed E-state index contributed by atoms with van der Waals surface area (Å²) in [5.41, 5.74) is 8.12. The molecule has 0 unspecified atom stereocenters. The summed E-state index contributed by atoms with van der Waals surface area (Å²) in [6, 6.07) is 11.5. The zero-order valence-electron chi connectivity index (χ0n) is 18.2. The van der Waals surface area contributed by atoms with Crippen molar-refractivity contribution in [2.24, 2.45) is 0 Å². The largest absolute Gasteiger partial charge is 0.317 e. The molecule has 1 aliphatic carbocycles. The Morgan fingerprint density at radius 3 is 2.52 bits per heavy atom. The highest BCUT2D eigenvalue weighted by atomic mass is 79.9. The summed E-state index contributed by atoms with van der Waals surface area (Å²) < 4.78 is 31.3. The van der Waals surface area contributed by atoms with Crippen molar-refractivity contribution in [3.63, 3.8) is 0 Å². The van der Waals surface area contributed by atoms with E-state index in [1.165, 1.54) is 22.6 Å². The summed E-state index contributed by atoms with van der Waals surface area (Å²) in [5, 5.41) is 0.244. The van der Waals surface area contributed by atoms with Gasteiger partial charge in [-0.1, -0.05) is 33.4 Å². The Balaban J connectivity index is 1.89. The van der Waals surface area contributed by atoms with Crippen LogP contribution in [0.15, 0.2) is 67.7 Å². The van der Waals surface area contributed by atoms with Gasteiger partial charge in [0.15, 0.2) is 0 Å². The Labute approximate surface area is 199 Å². The fourth-order valence-corrected chi connectivity index (χ4v) is 6.37. The van der Waals surface area contributed by atoms with Gasteiger partial charge in [0, 0.05) is 16.2 Å². The van der Waals surface area contributed by atoms with Crippen LogP contribution >= 0.6 is 15.9 Å². The maximum atomic E-state index is 13.6. The first-order chi connectivity index (χ1) is 15.8. The number of halogens is 1. The summed E-state index contributed by atoms with van der Waals surface area (Å²) in [6.07, 6.45) is 6.55. The SMILES string of the molecule is Cc1cccn2c(=O)c3cc(S(=O)(=O)c4ccc(Br)cc4)c(N)[n+](C4CCCCC4)c3nc12. The fraction of sp³-hybridized carbons (Fsp3) is 0.292. The molecule has 3 aromatic heterocycles. The summed E-state index contributed by atoms with van der Waals surface area (Å²) in [4.78, 5) is 18.4. The maximum Gasteiger partial charge on any atom is 0.278 e. The third kappa shape index (κ3) is 3.63. The van der Waals surface area contributed by atoms with Crippen LogP contribution in [-0.4, -0.2) is 17.8 Å². The number of benzene rings is 1. The molecular weight excluding hydrogens is 504 g/mol. The maximum absolute atomic E-state index is 13.6. The quantitative estimate of drug-likeness (QED) is 0.319. The molecule has 5 rings (SSSR count). The van der Waals surface area contributed by atoms with E-state index in [2.05, 4.69) is 15.9 Å². The predicted octanol–water partition coefficient (Wildman–Crippen LogP) is 4.13. The summed E-state index contributed by atoms with van der Waals surface area (Å²) in [5.74, 6) is 0.127. The zero-order valence-corrected chi connectivity index (χ0v) is 20.6. The number of nitrogens with zero attached hydrogens (tertiary/aromatic N) is 3. The number of aromatic nitrogens is 3. The van der Waals surface area contributed by atoms with Crippen LogP contribution in [0.3, 0.4) is 0 Å². The van der Waals surface area contributed by atoms with E-state index in [4.69, 9.17) is 10.7 Å². The number of hydrogen-bond donors (Lipinski definition) is 1. The van der Waals surface area contributed by atoms with Crippen molar-refractivity contribution in [2.45, 2.75) is 54.9 Å². The summed E-state index contributed by atoms with van der Waals surface area (Å²) in [6.45, 7) is 1.90. The molecule has 0 aliphatic heterocycles. The number of anilines is 1. The number of rotatable bonds is 3. The topological polar surface area (TPSA) is 98.4 Å². The highest BCUT2D eigenvalue weighted by Crippen LogP contribution is 2.31. The molecule has 0 bridgehead atoms. The first-order valence-electron chi connectivity index (χ1n) is 11.0. The van der Waals surface area contributed by atoms with Crippen molar-refractivity contribution in [2.75, 3.05) is 5.73 Å². The lowest BCUT2D eigenvalue weighted by atomic mass is 9.95. The Hall–Kier alpha value is -2.78. The molecule has 1 aliphatic rings. The number of nitrogen functional groups attached to an aromatic ring is 1. The van der Waals surface area contributed by atoms with Crippen LogP contribution in [0.1, 0.15) is 43.7 Å². The Bertz CT molecular complexity index is 1560. The fourth-order valence-electron chi connectivity index (χ4n) is 4.71. The molecule has 3 heterocycles. The lowest BCUT2D eigenvalue weighted by molar-refractivity contribution is -0.690. The van der Waals surface area contributed by atoms with Gasteiger partial charge in [-0.25, -0.2) is 13.0 Å². The van der Waals surface area contributed by atoms with E-state index in [9.17, 15) is 13.2 Å². The van der Waals surface area contributed by atoms with Crippen LogP contribution in [0.4, 0.5) is 5.82 Å². The van der Waals surface area contributed by atoms with E-state index in [1.54, 1.807) is 29.0 Å². The van der Waals surface area contributed by atoms with Crippen molar-refractivity contribution in [3.8, 4) is 0 Å². The van der Waals surface area contributed by atoms with E-state index < -0.39 is 9.84 Å². The van der Waals surface area contributed by atoms with E-state index in [0.29, 0.717) is 11.3 Å². The molecule has 0 atom stereocenters.